The van der Waals surface area contributed by atoms with Crippen LogP contribution in [0.1, 0.15) is 36.9 Å². The second-order valence-electron chi connectivity index (χ2n) is 4.87. The van der Waals surface area contributed by atoms with Crippen molar-refractivity contribution in [3.8, 4) is 0 Å². The van der Waals surface area contributed by atoms with Crippen molar-refractivity contribution in [2.45, 2.75) is 32.4 Å². The summed E-state index contributed by atoms with van der Waals surface area (Å²) in [5, 5.41) is 4.16. The van der Waals surface area contributed by atoms with Gasteiger partial charge in [-0.2, -0.15) is 0 Å². The van der Waals surface area contributed by atoms with Crippen molar-refractivity contribution in [1.82, 2.24) is 9.88 Å². The minimum Gasteiger partial charge on any atom is -0.350 e. The van der Waals surface area contributed by atoms with Gasteiger partial charge in [-0.3, -0.25) is 0 Å². The Morgan fingerprint density at radius 1 is 1.21 bits per heavy atom. The quantitative estimate of drug-likeness (QED) is 0.835. The predicted octanol–water partition coefficient (Wildman–Crippen LogP) is 4.25. The van der Waals surface area contributed by atoms with Crippen molar-refractivity contribution in [2.24, 2.45) is 0 Å². The van der Waals surface area contributed by atoms with Crippen LogP contribution in [0.2, 0.25) is 5.02 Å². The Morgan fingerprint density at radius 2 is 1.95 bits per heavy atom. The van der Waals surface area contributed by atoms with Crippen LogP contribution in [0.25, 0.3) is 0 Å². The molecule has 0 aliphatic carbocycles. The van der Waals surface area contributed by atoms with Crippen LogP contribution in [0.3, 0.4) is 0 Å². The van der Waals surface area contributed by atoms with Crippen LogP contribution in [0.15, 0.2) is 42.7 Å². The summed E-state index contributed by atoms with van der Waals surface area (Å²) in [6.45, 7) is 3.11. The zero-order valence-electron chi connectivity index (χ0n) is 11.6. The van der Waals surface area contributed by atoms with Gasteiger partial charge in [-0.25, -0.2) is 0 Å². The molecule has 2 aromatic rings. The predicted molar refractivity (Wildman–Crippen MR) is 81.7 cm³/mol. The minimum atomic E-state index is 0.455. The Kier molecular flexibility index (Phi) is 5.06. The average molecular weight is 277 g/mol. The third kappa shape index (κ3) is 3.85. The Hall–Kier alpha value is -1.25. The lowest BCUT2D eigenvalue weighted by Gasteiger charge is -2.13. The summed E-state index contributed by atoms with van der Waals surface area (Å²) in [5.74, 6) is 0. The van der Waals surface area contributed by atoms with Gasteiger partial charge in [0, 0.05) is 30.0 Å². The van der Waals surface area contributed by atoms with E-state index in [4.69, 9.17) is 11.6 Å². The summed E-state index contributed by atoms with van der Waals surface area (Å²) < 4.78 is 2.22. The lowest BCUT2D eigenvalue weighted by molar-refractivity contribution is 0.540. The van der Waals surface area contributed by atoms with Gasteiger partial charge in [0.15, 0.2) is 0 Å². The number of benzene rings is 1. The molecule has 1 unspecified atom stereocenters. The van der Waals surface area contributed by atoms with Gasteiger partial charge in [0.25, 0.3) is 0 Å². The first-order chi connectivity index (χ1) is 9.22. The molecule has 0 aliphatic heterocycles. The highest BCUT2D eigenvalue weighted by atomic mass is 35.5. The molecule has 1 N–H and O–H groups in total. The lowest BCUT2D eigenvalue weighted by atomic mass is 10.1. The van der Waals surface area contributed by atoms with E-state index in [0.29, 0.717) is 6.04 Å². The van der Waals surface area contributed by atoms with Crippen molar-refractivity contribution in [3.05, 3.63) is 58.9 Å². The molecule has 3 heteroatoms. The molecule has 2 nitrogen and oxygen atoms in total. The van der Waals surface area contributed by atoms with E-state index in [1.54, 1.807) is 0 Å². The molecule has 1 aromatic heterocycles. The van der Waals surface area contributed by atoms with Gasteiger partial charge in [-0.15, -0.1) is 0 Å². The van der Waals surface area contributed by atoms with Gasteiger partial charge in [-0.1, -0.05) is 37.1 Å². The molecule has 2 rings (SSSR count). The molecule has 0 spiro atoms. The van der Waals surface area contributed by atoms with Gasteiger partial charge in [0.05, 0.1) is 0 Å². The number of nitrogens with one attached hydrogen (secondary N) is 1. The molecule has 0 saturated heterocycles. The van der Waals surface area contributed by atoms with Crippen LogP contribution in [0, 0.1) is 0 Å². The number of halogens is 1. The highest BCUT2D eigenvalue weighted by Crippen LogP contribution is 2.19. The Morgan fingerprint density at radius 3 is 2.58 bits per heavy atom. The zero-order valence-corrected chi connectivity index (χ0v) is 12.3. The van der Waals surface area contributed by atoms with Gasteiger partial charge in [-0.05, 0) is 42.8 Å². The first kappa shape index (κ1) is 14.2. The summed E-state index contributed by atoms with van der Waals surface area (Å²) in [6.07, 6.45) is 6.73. The van der Waals surface area contributed by atoms with Crippen LogP contribution in [0.5, 0.6) is 0 Å². The van der Waals surface area contributed by atoms with Crippen molar-refractivity contribution < 1.29 is 0 Å². The molecule has 1 heterocycles. The SMILES string of the molecule is CCCC(NC)c1ccn(Cc2ccc(Cl)cc2)c1. The number of aromatic nitrogens is 1. The fourth-order valence-electron chi connectivity index (χ4n) is 2.33. The van der Waals surface area contributed by atoms with E-state index in [0.717, 1.165) is 11.6 Å². The van der Waals surface area contributed by atoms with Crippen LogP contribution < -0.4 is 5.32 Å². The van der Waals surface area contributed by atoms with Crippen LogP contribution in [0.4, 0.5) is 0 Å². The highest BCUT2D eigenvalue weighted by Gasteiger charge is 2.09. The largest absolute Gasteiger partial charge is 0.350 e. The second-order valence-corrected chi connectivity index (χ2v) is 5.31. The molecule has 0 radical (unpaired) electrons. The third-order valence-electron chi connectivity index (χ3n) is 3.38. The number of hydrogen-bond donors (Lipinski definition) is 1. The molecule has 0 saturated carbocycles. The second kappa shape index (κ2) is 6.78. The molecule has 19 heavy (non-hydrogen) atoms. The van der Waals surface area contributed by atoms with Gasteiger partial charge < -0.3 is 9.88 Å². The maximum Gasteiger partial charge on any atom is 0.0470 e. The summed E-state index contributed by atoms with van der Waals surface area (Å²) in [7, 11) is 2.02. The van der Waals surface area contributed by atoms with Gasteiger partial charge in [0.2, 0.25) is 0 Å². The molecule has 0 fully saturated rings. The first-order valence-corrected chi connectivity index (χ1v) is 7.18. The van der Waals surface area contributed by atoms with E-state index >= 15 is 0 Å². The molecule has 0 aliphatic rings. The average Bonchev–Trinajstić information content (AvgIpc) is 2.87. The van der Waals surface area contributed by atoms with Crippen LogP contribution in [-0.2, 0) is 6.54 Å². The van der Waals surface area contributed by atoms with Crippen molar-refractivity contribution >= 4 is 11.6 Å². The summed E-state index contributed by atoms with van der Waals surface area (Å²) >= 11 is 5.90. The van der Waals surface area contributed by atoms with E-state index in [9.17, 15) is 0 Å². The molecule has 0 bridgehead atoms. The van der Waals surface area contributed by atoms with Gasteiger partial charge in [0.1, 0.15) is 0 Å². The molecular formula is C16H21ClN2. The van der Waals surface area contributed by atoms with E-state index in [-0.39, 0.29) is 0 Å². The van der Waals surface area contributed by atoms with Gasteiger partial charge >= 0.3 is 0 Å². The molecule has 102 valence electrons. The zero-order chi connectivity index (χ0) is 13.7. The highest BCUT2D eigenvalue weighted by molar-refractivity contribution is 6.30. The monoisotopic (exact) mass is 276 g/mol. The normalized spacial score (nSPS) is 12.6. The maximum atomic E-state index is 5.90. The van der Waals surface area contributed by atoms with Crippen LogP contribution >= 0.6 is 11.6 Å². The lowest BCUT2D eigenvalue weighted by Crippen LogP contribution is -2.15. The third-order valence-corrected chi connectivity index (χ3v) is 3.63. The summed E-state index contributed by atoms with van der Waals surface area (Å²) in [6, 6.07) is 10.7. The van der Waals surface area contributed by atoms with Crippen molar-refractivity contribution in [2.75, 3.05) is 7.05 Å². The van der Waals surface area contributed by atoms with Crippen molar-refractivity contribution in [1.29, 1.82) is 0 Å². The maximum absolute atomic E-state index is 5.90. The first-order valence-electron chi connectivity index (χ1n) is 6.80. The number of nitrogens with zero attached hydrogens (tertiary/aromatic N) is 1. The number of hydrogen-bond acceptors (Lipinski definition) is 1. The minimum absolute atomic E-state index is 0.455. The Labute approximate surface area is 120 Å². The topological polar surface area (TPSA) is 17.0 Å². The number of rotatable bonds is 6. The molecular weight excluding hydrogens is 256 g/mol. The van der Waals surface area contributed by atoms with Crippen LogP contribution in [-0.4, -0.2) is 11.6 Å². The van der Waals surface area contributed by atoms with E-state index in [2.05, 4.69) is 47.4 Å². The summed E-state index contributed by atoms with van der Waals surface area (Å²) in [5.41, 5.74) is 2.63. The van der Waals surface area contributed by atoms with E-state index < -0.39 is 0 Å². The van der Waals surface area contributed by atoms with Crippen molar-refractivity contribution in [3.63, 3.8) is 0 Å². The molecule has 1 atom stereocenters. The molecule has 0 amide bonds. The van der Waals surface area contributed by atoms with E-state index in [1.165, 1.54) is 24.0 Å². The Balaban J connectivity index is 2.06. The Bertz CT molecular complexity index is 502. The molecule has 1 aromatic carbocycles. The van der Waals surface area contributed by atoms with E-state index in [1.807, 2.05) is 19.2 Å². The smallest absolute Gasteiger partial charge is 0.0470 e. The standard InChI is InChI=1S/C16H21ClN2/c1-3-4-16(18-2)14-9-10-19(12-14)11-13-5-7-15(17)8-6-13/h5-10,12,16,18H,3-4,11H2,1-2H3. The fraction of sp³-hybridized carbons (Fsp3) is 0.375. The fourth-order valence-corrected chi connectivity index (χ4v) is 2.46. The summed E-state index contributed by atoms with van der Waals surface area (Å²) in [4.78, 5) is 0.